The quantitative estimate of drug-likeness (QED) is 0.882. The number of rotatable bonds is 3. The van der Waals surface area contributed by atoms with Gasteiger partial charge in [0, 0.05) is 10.5 Å². The van der Waals surface area contributed by atoms with Crippen molar-refractivity contribution in [2.24, 2.45) is 0 Å². The first-order valence-corrected chi connectivity index (χ1v) is 5.20. The van der Waals surface area contributed by atoms with E-state index in [1.54, 1.807) is 13.0 Å². The third-order valence-corrected chi connectivity index (χ3v) is 2.32. The van der Waals surface area contributed by atoms with E-state index in [1.807, 2.05) is 0 Å². The molecule has 0 aliphatic rings. The Balaban J connectivity index is 2.82. The van der Waals surface area contributed by atoms with Crippen molar-refractivity contribution in [3.05, 3.63) is 34.1 Å². The first kappa shape index (κ1) is 12.1. The third-order valence-electron chi connectivity index (χ3n) is 1.83. The van der Waals surface area contributed by atoms with Gasteiger partial charge in [0.1, 0.15) is 5.82 Å². The van der Waals surface area contributed by atoms with Crippen LogP contribution in [0.3, 0.4) is 0 Å². The third kappa shape index (κ3) is 3.28. The maximum absolute atomic E-state index is 13.3. The number of hydrogen-bond donors (Lipinski definition) is 2. The van der Waals surface area contributed by atoms with Crippen LogP contribution in [0.25, 0.3) is 0 Å². The molecule has 0 heterocycles. The largest absolute Gasteiger partial charge is 0.394 e. The summed E-state index contributed by atoms with van der Waals surface area (Å²) in [5, 5.41) is 11.2. The van der Waals surface area contributed by atoms with Crippen LogP contribution in [-0.4, -0.2) is 23.7 Å². The van der Waals surface area contributed by atoms with E-state index in [-0.39, 0.29) is 18.2 Å². The molecule has 0 aliphatic carbocycles. The fourth-order valence-corrected chi connectivity index (χ4v) is 1.35. The fraction of sp³-hybridized carbons (Fsp3) is 0.300. The first-order valence-electron chi connectivity index (χ1n) is 4.41. The Bertz CT molecular complexity index is 370. The van der Waals surface area contributed by atoms with E-state index >= 15 is 0 Å². The lowest BCUT2D eigenvalue weighted by Crippen LogP contribution is -2.35. The summed E-state index contributed by atoms with van der Waals surface area (Å²) in [6.07, 6.45) is 0. The Hall–Kier alpha value is -0.940. The lowest BCUT2D eigenvalue weighted by molar-refractivity contribution is 0.0918. The van der Waals surface area contributed by atoms with E-state index in [4.69, 9.17) is 5.11 Å². The summed E-state index contributed by atoms with van der Waals surface area (Å²) in [7, 11) is 0. The second kappa shape index (κ2) is 5.23. The lowest BCUT2D eigenvalue weighted by Gasteiger charge is -2.11. The molecule has 0 saturated carbocycles. The summed E-state index contributed by atoms with van der Waals surface area (Å²) in [6, 6.07) is 3.81. The Morgan fingerprint density at radius 1 is 1.67 bits per heavy atom. The molecule has 0 fully saturated rings. The summed E-state index contributed by atoms with van der Waals surface area (Å²) in [5.41, 5.74) is -0.0292. The molecule has 0 saturated heterocycles. The monoisotopic (exact) mass is 275 g/mol. The van der Waals surface area contributed by atoms with E-state index < -0.39 is 11.7 Å². The number of aliphatic hydroxyl groups is 1. The van der Waals surface area contributed by atoms with Crippen molar-refractivity contribution >= 4 is 21.8 Å². The highest BCUT2D eigenvalue weighted by Crippen LogP contribution is 2.15. The molecule has 0 bridgehead atoms. The van der Waals surface area contributed by atoms with Gasteiger partial charge in [0.25, 0.3) is 5.91 Å². The normalized spacial score (nSPS) is 12.3. The molecule has 1 aromatic rings. The van der Waals surface area contributed by atoms with Gasteiger partial charge in [-0.05, 0) is 25.1 Å². The molecule has 2 N–H and O–H groups in total. The molecular weight excluding hydrogens is 265 g/mol. The number of carbonyl (C=O) groups is 1. The number of amides is 1. The van der Waals surface area contributed by atoms with Gasteiger partial charge < -0.3 is 10.4 Å². The van der Waals surface area contributed by atoms with Gasteiger partial charge in [-0.2, -0.15) is 0 Å². The van der Waals surface area contributed by atoms with Gasteiger partial charge in [0.2, 0.25) is 0 Å². The van der Waals surface area contributed by atoms with E-state index in [0.29, 0.717) is 4.47 Å². The summed E-state index contributed by atoms with van der Waals surface area (Å²) < 4.78 is 13.9. The van der Waals surface area contributed by atoms with Gasteiger partial charge in [-0.25, -0.2) is 4.39 Å². The molecule has 1 aromatic carbocycles. The first-order chi connectivity index (χ1) is 7.04. The molecule has 3 nitrogen and oxygen atoms in total. The summed E-state index contributed by atoms with van der Waals surface area (Å²) >= 11 is 3.10. The number of hydrogen-bond acceptors (Lipinski definition) is 2. The van der Waals surface area contributed by atoms with Crippen LogP contribution < -0.4 is 5.32 Å². The number of aliphatic hydroxyl groups excluding tert-OH is 1. The summed E-state index contributed by atoms with van der Waals surface area (Å²) in [6.45, 7) is 1.46. The van der Waals surface area contributed by atoms with Crippen LogP contribution in [-0.2, 0) is 0 Å². The van der Waals surface area contributed by atoms with Gasteiger partial charge in [-0.1, -0.05) is 15.9 Å². The minimum Gasteiger partial charge on any atom is -0.394 e. The van der Waals surface area contributed by atoms with Crippen LogP contribution in [0.5, 0.6) is 0 Å². The molecule has 15 heavy (non-hydrogen) atoms. The SMILES string of the molecule is C[C@@H](CO)NC(=O)c1ccc(Br)cc1F. The zero-order chi connectivity index (χ0) is 11.4. The molecule has 0 aliphatic heterocycles. The van der Waals surface area contributed by atoms with Crippen molar-refractivity contribution in [3.63, 3.8) is 0 Å². The lowest BCUT2D eigenvalue weighted by atomic mass is 10.2. The van der Waals surface area contributed by atoms with Crippen molar-refractivity contribution in [3.8, 4) is 0 Å². The van der Waals surface area contributed by atoms with Gasteiger partial charge in [-0.3, -0.25) is 4.79 Å². The highest BCUT2D eigenvalue weighted by Gasteiger charge is 2.13. The Morgan fingerprint density at radius 2 is 2.33 bits per heavy atom. The van der Waals surface area contributed by atoms with Crippen LogP contribution in [0.2, 0.25) is 0 Å². The summed E-state index contributed by atoms with van der Waals surface area (Å²) in [4.78, 5) is 11.5. The average Bonchev–Trinajstić information content (AvgIpc) is 2.17. The minimum absolute atomic E-state index is 0.0292. The predicted molar refractivity (Wildman–Crippen MR) is 58.1 cm³/mol. The molecule has 5 heteroatoms. The van der Waals surface area contributed by atoms with Gasteiger partial charge in [0.05, 0.1) is 12.2 Å². The average molecular weight is 276 g/mol. The van der Waals surface area contributed by atoms with Crippen LogP contribution in [0.4, 0.5) is 4.39 Å². The van der Waals surface area contributed by atoms with Gasteiger partial charge >= 0.3 is 0 Å². The van der Waals surface area contributed by atoms with Gasteiger partial charge in [0.15, 0.2) is 0 Å². The zero-order valence-electron chi connectivity index (χ0n) is 8.13. The predicted octanol–water partition coefficient (Wildman–Crippen LogP) is 1.70. The molecule has 0 aromatic heterocycles. The van der Waals surface area contributed by atoms with Crippen LogP contribution in [0.1, 0.15) is 17.3 Å². The van der Waals surface area contributed by atoms with E-state index in [1.165, 1.54) is 12.1 Å². The van der Waals surface area contributed by atoms with Crippen molar-refractivity contribution < 1.29 is 14.3 Å². The molecule has 0 radical (unpaired) electrons. The standard InChI is InChI=1S/C10H11BrFNO2/c1-6(5-14)13-10(15)8-3-2-7(11)4-9(8)12/h2-4,6,14H,5H2,1H3,(H,13,15)/t6-/m0/s1. The molecule has 0 spiro atoms. The summed E-state index contributed by atoms with van der Waals surface area (Å²) in [5.74, 6) is -1.12. The molecule has 0 unspecified atom stereocenters. The smallest absolute Gasteiger partial charge is 0.254 e. The van der Waals surface area contributed by atoms with Crippen LogP contribution >= 0.6 is 15.9 Å². The van der Waals surface area contributed by atoms with Crippen molar-refractivity contribution in [2.75, 3.05) is 6.61 Å². The maximum atomic E-state index is 13.3. The topological polar surface area (TPSA) is 49.3 Å². The molecule has 82 valence electrons. The van der Waals surface area contributed by atoms with E-state index in [0.717, 1.165) is 0 Å². The van der Waals surface area contributed by atoms with Crippen molar-refractivity contribution in [1.82, 2.24) is 5.32 Å². The highest BCUT2D eigenvalue weighted by atomic mass is 79.9. The molecular formula is C10H11BrFNO2. The Labute approximate surface area is 95.4 Å². The molecule has 1 rings (SSSR count). The minimum atomic E-state index is -0.591. The number of carbonyl (C=O) groups excluding carboxylic acids is 1. The van der Waals surface area contributed by atoms with Crippen molar-refractivity contribution in [2.45, 2.75) is 13.0 Å². The maximum Gasteiger partial charge on any atom is 0.254 e. The number of benzene rings is 1. The van der Waals surface area contributed by atoms with Gasteiger partial charge in [-0.15, -0.1) is 0 Å². The van der Waals surface area contributed by atoms with E-state index in [9.17, 15) is 9.18 Å². The highest BCUT2D eigenvalue weighted by molar-refractivity contribution is 9.10. The fourth-order valence-electron chi connectivity index (χ4n) is 1.02. The second-order valence-corrected chi connectivity index (χ2v) is 4.10. The Kier molecular flexibility index (Phi) is 4.23. The molecule has 1 amide bonds. The van der Waals surface area contributed by atoms with Crippen LogP contribution in [0, 0.1) is 5.82 Å². The Morgan fingerprint density at radius 3 is 2.87 bits per heavy atom. The number of nitrogens with one attached hydrogen (secondary N) is 1. The second-order valence-electron chi connectivity index (χ2n) is 3.18. The zero-order valence-corrected chi connectivity index (χ0v) is 9.71. The van der Waals surface area contributed by atoms with Crippen molar-refractivity contribution in [1.29, 1.82) is 0 Å². The van der Waals surface area contributed by atoms with Crippen LogP contribution in [0.15, 0.2) is 22.7 Å². The van der Waals surface area contributed by atoms with E-state index in [2.05, 4.69) is 21.2 Å². The number of halogens is 2. The molecule has 1 atom stereocenters.